The van der Waals surface area contributed by atoms with Gasteiger partial charge in [-0.3, -0.25) is 0 Å². The molecule has 0 saturated carbocycles. The predicted octanol–water partition coefficient (Wildman–Crippen LogP) is -1.13. The van der Waals surface area contributed by atoms with E-state index in [1.54, 1.807) is 12.3 Å². The quantitative estimate of drug-likeness (QED) is 0.458. The van der Waals surface area contributed by atoms with Crippen LogP contribution >= 0.6 is 0 Å². The van der Waals surface area contributed by atoms with Crippen molar-refractivity contribution in [3.8, 4) is 0 Å². The van der Waals surface area contributed by atoms with Crippen molar-refractivity contribution in [2.45, 2.75) is 0 Å². The van der Waals surface area contributed by atoms with Crippen molar-refractivity contribution in [2.24, 2.45) is 0 Å². The van der Waals surface area contributed by atoms with Gasteiger partial charge in [0.05, 0.1) is 0 Å². The van der Waals surface area contributed by atoms with Crippen molar-refractivity contribution in [1.29, 1.82) is 0 Å². The predicted molar refractivity (Wildman–Crippen MR) is 23.7 cm³/mol. The average Bonchev–Trinajstić information content (AvgIpc) is 2.18. The van der Waals surface area contributed by atoms with Gasteiger partial charge < -0.3 is 0 Å². The van der Waals surface area contributed by atoms with Crippen LogP contribution in [0.15, 0.2) is 12.3 Å². The van der Waals surface area contributed by atoms with Crippen LogP contribution in [0.1, 0.15) is 0 Å². The molecule has 0 fully saturated rings. The Labute approximate surface area is 44.2 Å². The molecule has 3 nitrogen and oxygen atoms in total. The summed E-state index contributed by atoms with van der Waals surface area (Å²) in [5, 5.41) is 3.80. The molecule has 0 aromatic carbocycles. The SMILES string of the molecule is O=[Se]1c2ccn1n2. The number of aromatic nitrogens is 2. The molecular formula is C3H2N2OSe. The van der Waals surface area contributed by atoms with Gasteiger partial charge >= 0.3 is 43.5 Å². The van der Waals surface area contributed by atoms with E-state index in [1.807, 2.05) is 0 Å². The van der Waals surface area contributed by atoms with Gasteiger partial charge in [0.15, 0.2) is 0 Å². The molecular weight excluding hydrogens is 159 g/mol. The molecule has 2 bridgehead atoms. The van der Waals surface area contributed by atoms with Crippen LogP contribution in [0.25, 0.3) is 0 Å². The topological polar surface area (TPSA) is 34.9 Å². The van der Waals surface area contributed by atoms with Crippen molar-refractivity contribution < 1.29 is 3.83 Å². The van der Waals surface area contributed by atoms with E-state index < -0.39 is 14.1 Å². The second-order valence-electron chi connectivity index (χ2n) is 1.31. The molecule has 1 aromatic heterocycles. The molecule has 0 N–H and O–H groups in total. The fraction of sp³-hybridized carbons (Fsp3) is 0. The van der Waals surface area contributed by atoms with Crippen LogP contribution in [0.5, 0.6) is 0 Å². The van der Waals surface area contributed by atoms with Gasteiger partial charge in [-0.15, -0.1) is 0 Å². The van der Waals surface area contributed by atoms with E-state index >= 15 is 0 Å². The molecule has 1 unspecified atom stereocenters. The summed E-state index contributed by atoms with van der Waals surface area (Å²) in [7, 11) is 0. The van der Waals surface area contributed by atoms with Crippen LogP contribution < -0.4 is 4.59 Å². The maximum atomic E-state index is 10.6. The summed E-state index contributed by atoms with van der Waals surface area (Å²) in [6, 6.07) is 1.79. The Morgan fingerprint density at radius 2 is 2.71 bits per heavy atom. The van der Waals surface area contributed by atoms with Crippen LogP contribution in [0.2, 0.25) is 0 Å². The molecule has 0 saturated heterocycles. The van der Waals surface area contributed by atoms with E-state index in [9.17, 15) is 3.83 Å². The third-order valence-corrected chi connectivity index (χ3v) is 3.24. The summed E-state index contributed by atoms with van der Waals surface area (Å²) >= 11 is -1.71. The first-order chi connectivity index (χ1) is 3.38. The Morgan fingerprint density at radius 3 is 2.86 bits per heavy atom. The van der Waals surface area contributed by atoms with Gasteiger partial charge in [-0.2, -0.15) is 0 Å². The third kappa shape index (κ3) is 0.252. The number of fused-ring (bicyclic) bond motifs is 1. The molecule has 4 heteroatoms. The molecule has 3 rings (SSSR count). The molecule has 1 atom stereocenters. The number of hydrogen-bond acceptors (Lipinski definition) is 2. The van der Waals surface area contributed by atoms with Crippen LogP contribution in [0.4, 0.5) is 0 Å². The van der Waals surface area contributed by atoms with Crippen molar-refractivity contribution in [1.82, 2.24) is 8.80 Å². The first kappa shape index (κ1) is 3.52. The van der Waals surface area contributed by atoms with Crippen LogP contribution in [0.3, 0.4) is 0 Å². The number of rotatable bonds is 0. The van der Waals surface area contributed by atoms with E-state index in [2.05, 4.69) is 5.10 Å². The van der Waals surface area contributed by atoms with E-state index in [-0.39, 0.29) is 0 Å². The minimum atomic E-state index is -1.71. The monoisotopic (exact) mass is 162 g/mol. The number of nitrogens with zero attached hydrogens (tertiary/aromatic N) is 2. The number of hydrogen-bond donors (Lipinski definition) is 0. The Balaban J connectivity index is 2.91. The van der Waals surface area contributed by atoms with Gasteiger partial charge in [0, 0.05) is 0 Å². The summed E-state index contributed by atoms with van der Waals surface area (Å²) in [5.74, 6) is 0. The van der Waals surface area contributed by atoms with Gasteiger partial charge in [-0.25, -0.2) is 0 Å². The molecule has 7 heavy (non-hydrogen) atoms. The first-order valence-electron chi connectivity index (χ1n) is 1.86. The third-order valence-electron chi connectivity index (χ3n) is 0.891. The Bertz CT molecular complexity index is 201. The molecule has 0 aliphatic carbocycles. The van der Waals surface area contributed by atoms with Crippen LogP contribution in [-0.2, 0) is 3.83 Å². The van der Waals surface area contributed by atoms with Gasteiger partial charge in [0.2, 0.25) is 0 Å². The molecule has 1 aromatic rings. The molecule has 3 heterocycles. The van der Waals surface area contributed by atoms with E-state index in [1.165, 1.54) is 3.70 Å². The second kappa shape index (κ2) is 0.853. The van der Waals surface area contributed by atoms with Gasteiger partial charge in [0.1, 0.15) is 0 Å². The minimum absolute atomic E-state index is 0.792. The van der Waals surface area contributed by atoms with Crippen molar-refractivity contribution in [3.05, 3.63) is 12.3 Å². The van der Waals surface area contributed by atoms with Gasteiger partial charge in [-0.1, -0.05) is 0 Å². The summed E-state index contributed by atoms with van der Waals surface area (Å²) in [5.41, 5.74) is 0. The zero-order valence-electron chi connectivity index (χ0n) is 3.37. The second-order valence-corrected chi connectivity index (χ2v) is 4.01. The molecule has 2 aliphatic heterocycles. The van der Waals surface area contributed by atoms with Crippen molar-refractivity contribution in [2.75, 3.05) is 0 Å². The van der Waals surface area contributed by atoms with E-state index in [0.29, 0.717) is 0 Å². The summed E-state index contributed by atoms with van der Waals surface area (Å²) in [4.78, 5) is 0. The summed E-state index contributed by atoms with van der Waals surface area (Å²) in [6.45, 7) is 0. The zero-order chi connectivity index (χ0) is 4.85. The van der Waals surface area contributed by atoms with Crippen molar-refractivity contribution >= 4 is 18.6 Å². The van der Waals surface area contributed by atoms with Gasteiger partial charge in [-0.05, 0) is 0 Å². The Morgan fingerprint density at radius 1 is 1.86 bits per heavy atom. The average molecular weight is 161 g/mol. The van der Waals surface area contributed by atoms with Crippen LogP contribution in [0, 0.1) is 0 Å². The van der Waals surface area contributed by atoms with E-state index in [0.717, 1.165) is 4.59 Å². The van der Waals surface area contributed by atoms with Crippen molar-refractivity contribution in [3.63, 3.8) is 0 Å². The van der Waals surface area contributed by atoms with Gasteiger partial charge in [0.25, 0.3) is 0 Å². The molecule has 0 radical (unpaired) electrons. The first-order valence-corrected chi connectivity index (χ1v) is 4.18. The fourth-order valence-corrected chi connectivity index (χ4v) is 2.11. The maximum absolute atomic E-state index is 10.6. The standard InChI is InChI=1S/C3H2N2OSe/c6-7-3-1-2-5(7)4-3/h1-2H. The van der Waals surface area contributed by atoms with Crippen LogP contribution in [-0.4, -0.2) is 22.8 Å². The Hall–Kier alpha value is -0.471. The molecule has 2 aliphatic rings. The fourth-order valence-electron chi connectivity index (χ4n) is 0.540. The molecule has 0 spiro atoms. The normalized spacial score (nSPS) is 24.3. The summed E-state index contributed by atoms with van der Waals surface area (Å²) < 4.78 is 12.9. The Kier molecular flexibility index (Phi) is 0.429. The van der Waals surface area contributed by atoms with E-state index in [4.69, 9.17) is 0 Å². The summed E-state index contributed by atoms with van der Waals surface area (Å²) in [6.07, 6.45) is 1.74. The molecule has 36 valence electrons. The molecule has 0 amide bonds. The zero-order valence-corrected chi connectivity index (χ0v) is 5.08.